The summed E-state index contributed by atoms with van der Waals surface area (Å²) in [5.41, 5.74) is 0.740. The summed E-state index contributed by atoms with van der Waals surface area (Å²) in [6, 6.07) is 4.97. The monoisotopic (exact) mass is 378 g/mol. The summed E-state index contributed by atoms with van der Waals surface area (Å²) in [5.74, 6) is 1.28. The van der Waals surface area contributed by atoms with Crippen molar-refractivity contribution in [2.45, 2.75) is 17.7 Å². The van der Waals surface area contributed by atoms with Crippen molar-refractivity contribution in [2.24, 2.45) is 5.92 Å². The molecule has 0 saturated carbocycles. The predicted octanol–water partition coefficient (Wildman–Crippen LogP) is 1.80. The van der Waals surface area contributed by atoms with Gasteiger partial charge in [0.15, 0.2) is 9.84 Å². The number of aromatic nitrogens is 2. The Bertz CT molecular complexity index is 849. The quantitative estimate of drug-likeness (QED) is 0.786. The van der Waals surface area contributed by atoms with E-state index in [4.69, 9.17) is 4.74 Å². The van der Waals surface area contributed by atoms with E-state index < -0.39 is 9.84 Å². The first-order valence-corrected chi connectivity index (χ1v) is 10.8. The zero-order valence-electron chi connectivity index (χ0n) is 15.3. The topological polar surface area (TPSA) is 84.4 Å². The van der Waals surface area contributed by atoms with Crippen LogP contribution in [0.5, 0.6) is 0 Å². The first kappa shape index (κ1) is 19.0. The molecule has 2 heterocycles. The van der Waals surface area contributed by atoms with Crippen molar-refractivity contribution in [1.29, 1.82) is 0 Å². The Hall–Kier alpha value is -1.77. The van der Waals surface area contributed by atoms with Crippen molar-refractivity contribution in [3.63, 3.8) is 0 Å². The number of piperidine rings is 1. The molecule has 0 atom stereocenters. The number of nitrogens with zero attached hydrogens (tertiary/aromatic N) is 3. The molecule has 1 aromatic carbocycles. The first-order valence-electron chi connectivity index (χ1n) is 8.87. The number of methoxy groups -OCH3 is 1. The highest BCUT2D eigenvalue weighted by Gasteiger charge is 2.19. The number of likely N-dealkylation sites (tertiary alicyclic amines) is 1. The van der Waals surface area contributed by atoms with E-state index in [2.05, 4.69) is 20.2 Å². The zero-order chi connectivity index (χ0) is 18.6. The van der Waals surface area contributed by atoms with E-state index in [1.165, 1.54) is 12.6 Å². The van der Waals surface area contributed by atoms with Gasteiger partial charge in [0.1, 0.15) is 12.1 Å². The van der Waals surface area contributed by atoms with E-state index in [0.717, 1.165) is 56.5 Å². The average Bonchev–Trinajstić information content (AvgIpc) is 2.64. The van der Waals surface area contributed by atoms with Crippen LogP contribution in [-0.2, 0) is 14.6 Å². The molecule has 142 valence electrons. The van der Waals surface area contributed by atoms with Crippen molar-refractivity contribution in [2.75, 3.05) is 51.5 Å². The highest BCUT2D eigenvalue weighted by molar-refractivity contribution is 7.90. The maximum Gasteiger partial charge on any atom is 0.175 e. The number of rotatable bonds is 7. The largest absolute Gasteiger partial charge is 0.383 e. The van der Waals surface area contributed by atoms with Gasteiger partial charge in [0.25, 0.3) is 0 Å². The van der Waals surface area contributed by atoms with Gasteiger partial charge in [-0.25, -0.2) is 18.4 Å². The molecular formula is C18H26N4O3S. The molecule has 1 aliphatic rings. The van der Waals surface area contributed by atoms with Gasteiger partial charge >= 0.3 is 0 Å². The van der Waals surface area contributed by atoms with Gasteiger partial charge < -0.3 is 15.0 Å². The van der Waals surface area contributed by atoms with Crippen LogP contribution >= 0.6 is 0 Å². The highest BCUT2D eigenvalue weighted by atomic mass is 32.2. The molecule has 26 heavy (non-hydrogen) atoms. The summed E-state index contributed by atoms with van der Waals surface area (Å²) in [4.78, 5) is 11.3. The van der Waals surface area contributed by atoms with Gasteiger partial charge in [-0.1, -0.05) is 0 Å². The fourth-order valence-corrected chi connectivity index (χ4v) is 3.93. The Kier molecular flexibility index (Phi) is 6.05. The number of ether oxygens (including phenoxy) is 1. The van der Waals surface area contributed by atoms with Crippen molar-refractivity contribution >= 4 is 26.6 Å². The van der Waals surface area contributed by atoms with Crippen LogP contribution < -0.4 is 5.32 Å². The minimum atomic E-state index is -3.26. The first-order chi connectivity index (χ1) is 12.5. The van der Waals surface area contributed by atoms with Gasteiger partial charge in [-0.2, -0.15) is 0 Å². The Balaban J connectivity index is 1.66. The third kappa shape index (κ3) is 4.69. The van der Waals surface area contributed by atoms with Gasteiger partial charge in [-0.15, -0.1) is 0 Å². The molecule has 0 radical (unpaired) electrons. The van der Waals surface area contributed by atoms with Gasteiger partial charge in [0.05, 0.1) is 17.0 Å². The minimum Gasteiger partial charge on any atom is -0.383 e. The fourth-order valence-electron chi connectivity index (χ4n) is 3.28. The molecule has 3 rings (SSSR count). The molecule has 2 aromatic rings. The van der Waals surface area contributed by atoms with Crippen molar-refractivity contribution in [1.82, 2.24) is 14.9 Å². The molecule has 1 fully saturated rings. The Labute approximate surface area is 154 Å². The van der Waals surface area contributed by atoms with Crippen LogP contribution in [0.4, 0.5) is 5.82 Å². The van der Waals surface area contributed by atoms with Crippen molar-refractivity contribution in [3.05, 3.63) is 24.5 Å². The third-order valence-corrected chi connectivity index (χ3v) is 6.02. The number of hydrogen-bond donors (Lipinski definition) is 1. The Morgan fingerprint density at radius 1 is 1.27 bits per heavy atom. The summed E-state index contributed by atoms with van der Waals surface area (Å²) in [6.07, 6.45) is 4.99. The molecular weight excluding hydrogens is 352 g/mol. The van der Waals surface area contributed by atoms with Gasteiger partial charge in [0, 0.05) is 31.8 Å². The smallest absolute Gasteiger partial charge is 0.175 e. The van der Waals surface area contributed by atoms with Crippen molar-refractivity contribution in [3.8, 4) is 0 Å². The zero-order valence-corrected chi connectivity index (χ0v) is 16.1. The average molecular weight is 378 g/mol. The van der Waals surface area contributed by atoms with E-state index in [0.29, 0.717) is 11.7 Å². The predicted molar refractivity (Wildman–Crippen MR) is 102 cm³/mol. The van der Waals surface area contributed by atoms with E-state index in [-0.39, 0.29) is 4.90 Å². The number of sulfone groups is 1. The molecule has 1 saturated heterocycles. The van der Waals surface area contributed by atoms with Gasteiger partial charge in [-0.3, -0.25) is 0 Å². The van der Waals surface area contributed by atoms with E-state index in [1.54, 1.807) is 25.3 Å². The Morgan fingerprint density at radius 2 is 2.04 bits per heavy atom. The van der Waals surface area contributed by atoms with Gasteiger partial charge in [-0.05, 0) is 50.0 Å². The lowest BCUT2D eigenvalue weighted by molar-refractivity contribution is 0.122. The SMILES string of the molecule is COCCN1CCC(CNc2ncnc3ccc(S(C)(=O)=O)cc23)CC1. The standard InChI is InChI=1S/C18H26N4O3S/c1-25-10-9-22-7-5-14(6-8-22)12-19-18-16-11-15(26(2,23)24)3-4-17(16)20-13-21-18/h3-4,11,13-14H,5-10,12H2,1-2H3,(H,19,20,21). The fraction of sp³-hybridized carbons (Fsp3) is 0.556. The number of nitrogens with one attached hydrogen (secondary N) is 1. The third-order valence-electron chi connectivity index (χ3n) is 4.91. The van der Waals surface area contributed by atoms with Crippen LogP contribution in [0.15, 0.2) is 29.4 Å². The Morgan fingerprint density at radius 3 is 2.73 bits per heavy atom. The second-order valence-corrected chi connectivity index (χ2v) is 8.85. The molecule has 0 amide bonds. The number of benzene rings is 1. The molecule has 0 bridgehead atoms. The summed E-state index contributed by atoms with van der Waals surface area (Å²) in [6.45, 7) is 4.75. The summed E-state index contributed by atoms with van der Waals surface area (Å²) >= 11 is 0. The van der Waals surface area contributed by atoms with E-state index in [1.807, 2.05) is 0 Å². The lowest BCUT2D eigenvalue weighted by atomic mass is 9.97. The highest BCUT2D eigenvalue weighted by Crippen LogP contribution is 2.24. The van der Waals surface area contributed by atoms with Crippen molar-refractivity contribution < 1.29 is 13.2 Å². The molecule has 0 aliphatic carbocycles. The summed E-state index contributed by atoms with van der Waals surface area (Å²) in [7, 11) is -1.53. The number of fused-ring (bicyclic) bond motifs is 1. The minimum absolute atomic E-state index is 0.286. The lowest BCUT2D eigenvalue weighted by Crippen LogP contribution is -2.37. The molecule has 0 unspecified atom stereocenters. The lowest BCUT2D eigenvalue weighted by Gasteiger charge is -2.31. The summed E-state index contributed by atoms with van der Waals surface area (Å²) in [5, 5.41) is 4.15. The molecule has 1 N–H and O–H groups in total. The van der Waals surface area contributed by atoms with Crippen LogP contribution in [0, 0.1) is 5.92 Å². The summed E-state index contributed by atoms with van der Waals surface area (Å²) < 4.78 is 28.8. The number of anilines is 1. The maximum atomic E-state index is 11.8. The second kappa shape index (κ2) is 8.28. The second-order valence-electron chi connectivity index (χ2n) is 6.83. The molecule has 1 aromatic heterocycles. The van der Waals surface area contributed by atoms with Crippen LogP contribution in [0.2, 0.25) is 0 Å². The van der Waals surface area contributed by atoms with Crippen LogP contribution in [0.3, 0.4) is 0 Å². The molecule has 7 nitrogen and oxygen atoms in total. The van der Waals surface area contributed by atoms with Crippen LogP contribution in [0.25, 0.3) is 10.9 Å². The van der Waals surface area contributed by atoms with E-state index in [9.17, 15) is 8.42 Å². The van der Waals surface area contributed by atoms with E-state index >= 15 is 0 Å². The molecule has 0 spiro atoms. The molecule has 8 heteroatoms. The van der Waals surface area contributed by atoms with Crippen LogP contribution in [-0.4, -0.2) is 69.4 Å². The normalized spacial score (nSPS) is 16.8. The maximum absolute atomic E-state index is 11.8. The van der Waals surface area contributed by atoms with Gasteiger partial charge in [0.2, 0.25) is 0 Å². The number of hydrogen-bond acceptors (Lipinski definition) is 7. The van der Waals surface area contributed by atoms with Crippen LogP contribution in [0.1, 0.15) is 12.8 Å². The molecule has 1 aliphatic heterocycles.